The number of rotatable bonds is 3. The van der Waals surface area contributed by atoms with Gasteiger partial charge in [-0.1, -0.05) is 12.2 Å². The van der Waals surface area contributed by atoms with Gasteiger partial charge in [-0.05, 0) is 13.0 Å². The highest BCUT2D eigenvalue weighted by atomic mass is 15.1. The zero-order valence-electron chi connectivity index (χ0n) is 8.49. The number of hydrogen-bond acceptors (Lipinski definition) is 3. The van der Waals surface area contributed by atoms with E-state index in [1.165, 1.54) is 0 Å². The molecule has 0 atom stereocenters. The van der Waals surface area contributed by atoms with Gasteiger partial charge in [0, 0.05) is 26.0 Å². The van der Waals surface area contributed by atoms with Gasteiger partial charge in [0.15, 0.2) is 0 Å². The summed E-state index contributed by atoms with van der Waals surface area (Å²) in [6.45, 7) is 6.55. The topological polar surface area (TPSA) is 39.9 Å². The Balaban J connectivity index is 2.95. The van der Waals surface area contributed by atoms with Crippen molar-refractivity contribution in [3.05, 3.63) is 36.2 Å². The van der Waals surface area contributed by atoms with Crippen LogP contribution in [0, 0.1) is 11.3 Å². The number of nitriles is 1. The van der Waals surface area contributed by atoms with Crippen LogP contribution < -0.4 is 4.90 Å². The predicted molar refractivity (Wildman–Crippen MR) is 57.0 cm³/mol. The van der Waals surface area contributed by atoms with Crippen molar-refractivity contribution in [2.45, 2.75) is 6.92 Å². The molecule has 0 spiro atoms. The van der Waals surface area contributed by atoms with Crippen molar-refractivity contribution in [3.63, 3.8) is 0 Å². The molecule has 0 fully saturated rings. The van der Waals surface area contributed by atoms with Crippen LogP contribution >= 0.6 is 0 Å². The molecule has 0 saturated heterocycles. The average molecular weight is 187 g/mol. The summed E-state index contributed by atoms with van der Waals surface area (Å²) in [5.74, 6) is 0. The van der Waals surface area contributed by atoms with Crippen molar-refractivity contribution >= 4 is 5.69 Å². The summed E-state index contributed by atoms with van der Waals surface area (Å²) in [6, 6.07) is 3.95. The average Bonchev–Trinajstić information content (AvgIpc) is 2.16. The van der Waals surface area contributed by atoms with Crippen molar-refractivity contribution in [1.29, 1.82) is 5.26 Å². The molecule has 0 aromatic carbocycles. The maximum absolute atomic E-state index is 8.86. The van der Waals surface area contributed by atoms with Crippen molar-refractivity contribution in [3.8, 4) is 6.07 Å². The smallest absolute Gasteiger partial charge is 0.103 e. The standard InChI is InChI=1S/C11H13N3/c1-9(2)8-14(3)11-4-5-13-7-10(11)6-12/h4-5,7H,1,8H2,2-3H3. The lowest BCUT2D eigenvalue weighted by molar-refractivity contribution is 0.979. The van der Waals surface area contributed by atoms with Gasteiger partial charge >= 0.3 is 0 Å². The molecule has 1 aromatic rings. The lowest BCUT2D eigenvalue weighted by Crippen LogP contribution is -2.20. The highest BCUT2D eigenvalue weighted by Crippen LogP contribution is 2.17. The van der Waals surface area contributed by atoms with Gasteiger partial charge in [0.1, 0.15) is 6.07 Å². The first-order valence-electron chi connectivity index (χ1n) is 4.34. The molecule has 1 heterocycles. The van der Waals surface area contributed by atoms with Crippen molar-refractivity contribution in [1.82, 2.24) is 4.98 Å². The van der Waals surface area contributed by atoms with Gasteiger partial charge in [0.2, 0.25) is 0 Å². The van der Waals surface area contributed by atoms with E-state index in [2.05, 4.69) is 17.6 Å². The zero-order valence-corrected chi connectivity index (χ0v) is 8.49. The van der Waals surface area contributed by atoms with Crippen LogP contribution in [-0.4, -0.2) is 18.6 Å². The van der Waals surface area contributed by atoms with E-state index in [4.69, 9.17) is 5.26 Å². The molecule has 0 aliphatic heterocycles. The Morgan fingerprint density at radius 3 is 3.00 bits per heavy atom. The molecule has 1 rings (SSSR count). The largest absolute Gasteiger partial charge is 0.369 e. The molecule has 0 unspecified atom stereocenters. The molecule has 0 saturated carbocycles. The zero-order chi connectivity index (χ0) is 10.6. The molecule has 14 heavy (non-hydrogen) atoms. The summed E-state index contributed by atoms with van der Waals surface area (Å²) < 4.78 is 0. The molecule has 0 N–H and O–H groups in total. The molecule has 1 aromatic heterocycles. The van der Waals surface area contributed by atoms with Crippen LogP contribution in [0.25, 0.3) is 0 Å². The fourth-order valence-corrected chi connectivity index (χ4v) is 1.30. The quantitative estimate of drug-likeness (QED) is 0.679. The van der Waals surface area contributed by atoms with Gasteiger partial charge in [0.25, 0.3) is 0 Å². The number of likely N-dealkylation sites (N-methyl/N-ethyl adjacent to an activating group) is 1. The molecular formula is C11H13N3. The number of nitrogens with zero attached hydrogens (tertiary/aromatic N) is 3. The Hall–Kier alpha value is -1.82. The van der Waals surface area contributed by atoms with Gasteiger partial charge in [-0.2, -0.15) is 5.26 Å². The minimum Gasteiger partial charge on any atom is -0.369 e. The molecular weight excluding hydrogens is 174 g/mol. The Bertz CT molecular complexity index is 376. The van der Waals surface area contributed by atoms with Crippen molar-refractivity contribution < 1.29 is 0 Å². The van der Waals surface area contributed by atoms with E-state index in [-0.39, 0.29) is 0 Å². The van der Waals surface area contributed by atoms with Gasteiger partial charge < -0.3 is 4.90 Å². The van der Waals surface area contributed by atoms with Crippen molar-refractivity contribution in [2.24, 2.45) is 0 Å². The van der Waals surface area contributed by atoms with E-state index in [0.717, 1.165) is 17.8 Å². The Labute approximate surface area is 84.3 Å². The first-order chi connectivity index (χ1) is 6.65. The Kier molecular flexibility index (Phi) is 3.24. The third kappa shape index (κ3) is 2.33. The third-order valence-electron chi connectivity index (χ3n) is 1.84. The van der Waals surface area contributed by atoms with Crippen LogP contribution in [0.4, 0.5) is 5.69 Å². The van der Waals surface area contributed by atoms with Crippen molar-refractivity contribution in [2.75, 3.05) is 18.5 Å². The van der Waals surface area contributed by atoms with Crippen LogP contribution in [0.15, 0.2) is 30.6 Å². The predicted octanol–water partition coefficient (Wildman–Crippen LogP) is 1.97. The van der Waals surface area contributed by atoms with E-state index < -0.39 is 0 Å². The summed E-state index contributed by atoms with van der Waals surface area (Å²) in [6.07, 6.45) is 3.26. The van der Waals surface area contributed by atoms with Crippen LogP contribution in [0.3, 0.4) is 0 Å². The van der Waals surface area contributed by atoms with Crippen LogP contribution in [0.1, 0.15) is 12.5 Å². The normalized spacial score (nSPS) is 9.21. The minimum atomic E-state index is 0.594. The highest BCUT2D eigenvalue weighted by molar-refractivity contribution is 5.57. The molecule has 0 aliphatic rings. The summed E-state index contributed by atoms with van der Waals surface area (Å²) in [5, 5.41) is 8.86. The number of pyridine rings is 1. The molecule has 0 aliphatic carbocycles. The first-order valence-corrected chi connectivity index (χ1v) is 4.34. The van der Waals surface area contributed by atoms with E-state index in [1.807, 2.05) is 24.9 Å². The lowest BCUT2D eigenvalue weighted by Gasteiger charge is -2.19. The second-order valence-electron chi connectivity index (χ2n) is 3.32. The Morgan fingerprint density at radius 2 is 2.43 bits per heavy atom. The van der Waals surface area contributed by atoms with Gasteiger partial charge in [0.05, 0.1) is 11.3 Å². The second kappa shape index (κ2) is 4.43. The summed E-state index contributed by atoms with van der Waals surface area (Å²) in [5.41, 5.74) is 2.55. The third-order valence-corrected chi connectivity index (χ3v) is 1.84. The molecule has 3 heteroatoms. The Morgan fingerprint density at radius 1 is 1.71 bits per heavy atom. The van der Waals surface area contributed by atoms with E-state index in [9.17, 15) is 0 Å². The van der Waals surface area contributed by atoms with Crippen LogP contribution in [-0.2, 0) is 0 Å². The number of anilines is 1. The van der Waals surface area contributed by atoms with E-state index in [1.54, 1.807) is 12.4 Å². The molecule has 0 bridgehead atoms. The maximum Gasteiger partial charge on any atom is 0.103 e. The molecule has 0 amide bonds. The maximum atomic E-state index is 8.86. The SMILES string of the molecule is C=C(C)CN(C)c1ccncc1C#N. The second-order valence-corrected chi connectivity index (χ2v) is 3.32. The number of hydrogen-bond donors (Lipinski definition) is 0. The van der Waals surface area contributed by atoms with Gasteiger partial charge in [-0.15, -0.1) is 0 Å². The lowest BCUT2D eigenvalue weighted by atomic mass is 10.2. The summed E-state index contributed by atoms with van der Waals surface area (Å²) >= 11 is 0. The van der Waals surface area contributed by atoms with E-state index in [0.29, 0.717) is 5.56 Å². The summed E-state index contributed by atoms with van der Waals surface area (Å²) in [7, 11) is 1.94. The fraction of sp³-hybridized carbons (Fsp3) is 0.273. The fourth-order valence-electron chi connectivity index (χ4n) is 1.30. The number of aromatic nitrogens is 1. The van der Waals surface area contributed by atoms with Crippen LogP contribution in [0.2, 0.25) is 0 Å². The van der Waals surface area contributed by atoms with Crippen LogP contribution in [0.5, 0.6) is 0 Å². The minimum absolute atomic E-state index is 0.594. The van der Waals surface area contributed by atoms with Gasteiger partial charge in [-0.25, -0.2) is 0 Å². The summed E-state index contributed by atoms with van der Waals surface area (Å²) in [4.78, 5) is 5.89. The molecule has 0 radical (unpaired) electrons. The van der Waals surface area contributed by atoms with Gasteiger partial charge in [-0.3, -0.25) is 4.98 Å². The monoisotopic (exact) mass is 187 g/mol. The first kappa shape index (κ1) is 10.3. The highest BCUT2D eigenvalue weighted by Gasteiger charge is 2.06. The molecule has 3 nitrogen and oxygen atoms in total. The van der Waals surface area contributed by atoms with E-state index >= 15 is 0 Å². The molecule has 72 valence electrons.